The number of nitrogens with one attached hydrogen (secondary N) is 1. The number of nitrogens with zero attached hydrogens (tertiary/aromatic N) is 1. The van der Waals surface area contributed by atoms with E-state index in [9.17, 15) is 9.18 Å². The molecule has 1 aliphatic rings. The van der Waals surface area contributed by atoms with Crippen molar-refractivity contribution in [2.75, 3.05) is 18.4 Å². The lowest BCUT2D eigenvalue weighted by Crippen LogP contribution is -2.37. The Bertz CT molecular complexity index is 941. The molecule has 0 radical (unpaired) electrons. The monoisotopic (exact) mass is 420 g/mol. The summed E-state index contributed by atoms with van der Waals surface area (Å²) in [6.45, 7) is 1.54. The summed E-state index contributed by atoms with van der Waals surface area (Å²) in [4.78, 5) is 17.4. The zero-order valence-electron chi connectivity index (χ0n) is 14.5. The Kier molecular flexibility index (Phi) is 5.59. The molecule has 7 heteroatoms. The zero-order chi connectivity index (χ0) is 18.8. The fourth-order valence-corrected chi connectivity index (χ4v) is 5.38. The van der Waals surface area contributed by atoms with Crippen LogP contribution in [-0.4, -0.2) is 23.9 Å². The Balaban J connectivity index is 1.44. The van der Waals surface area contributed by atoms with Crippen LogP contribution in [0.3, 0.4) is 0 Å². The number of benzene rings is 1. The molecule has 2 aromatic heterocycles. The van der Waals surface area contributed by atoms with Crippen molar-refractivity contribution in [1.29, 1.82) is 0 Å². The van der Waals surface area contributed by atoms with Gasteiger partial charge in [0.25, 0.3) is 0 Å². The Hall–Kier alpha value is -1.73. The third kappa shape index (κ3) is 4.09. The standard InChI is InChI=1S/C20H18ClFN2OS2/c21-13-3-4-16(15(22)12-13)23-19(25)6-9-24-8-5-17-14(7-11-27-17)20(24)18-2-1-10-26-18/h1-4,7,10-12,20H,5-6,8-9H2,(H,23,25). The Labute approximate surface area is 170 Å². The molecule has 1 unspecified atom stereocenters. The van der Waals surface area contributed by atoms with E-state index in [0.717, 1.165) is 13.0 Å². The highest BCUT2D eigenvalue weighted by molar-refractivity contribution is 7.10. The van der Waals surface area contributed by atoms with Gasteiger partial charge in [0.2, 0.25) is 5.91 Å². The molecule has 0 saturated carbocycles. The molecule has 3 heterocycles. The summed E-state index contributed by atoms with van der Waals surface area (Å²) < 4.78 is 13.9. The third-order valence-corrected chi connectivity index (χ3v) is 6.87. The van der Waals surface area contributed by atoms with Crippen LogP contribution in [0, 0.1) is 5.82 Å². The van der Waals surface area contributed by atoms with Gasteiger partial charge in [-0.05, 0) is 53.1 Å². The highest BCUT2D eigenvalue weighted by Crippen LogP contribution is 2.39. The lowest BCUT2D eigenvalue weighted by Gasteiger charge is -2.35. The zero-order valence-corrected chi connectivity index (χ0v) is 16.8. The molecular weight excluding hydrogens is 403 g/mol. The highest BCUT2D eigenvalue weighted by Gasteiger charge is 2.30. The van der Waals surface area contributed by atoms with Crippen LogP contribution in [0.5, 0.6) is 0 Å². The molecule has 1 aromatic carbocycles. The van der Waals surface area contributed by atoms with Crippen molar-refractivity contribution in [3.8, 4) is 0 Å². The van der Waals surface area contributed by atoms with Crippen LogP contribution < -0.4 is 5.32 Å². The first-order chi connectivity index (χ1) is 13.1. The second kappa shape index (κ2) is 8.10. The quantitative estimate of drug-likeness (QED) is 0.584. The van der Waals surface area contributed by atoms with Gasteiger partial charge in [-0.2, -0.15) is 0 Å². The van der Waals surface area contributed by atoms with E-state index >= 15 is 0 Å². The fourth-order valence-electron chi connectivity index (χ4n) is 3.44. The molecule has 0 fully saturated rings. The van der Waals surface area contributed by atoms with Gasteiger partial charge in [0.1, 0.15) is 5.82 Å². The number of rotatable bonds is 5. The van der Waals surface area contributed by atoms with E-state index in [0.29, 0.717) is 18.0 Å². The minimum absolute atomic E-state index is 0.165. The van der Waals surface area contributed by atoms with Crippen LogP contribution in [0.25, 0.3) is 0 Å². The van der Waals surface area contributed by atoms with E-state index < -0.39 is 5.82 Å². The maximum atomic E-state index is 13.9. The highest BCUT2D eigenvalue weighted by atomic mass is 35.5. The summed E-state index contributed by atoms with van der Waals surface area (Å²) in [6, 6.07) is 10.9. The summed E-state index contributed by atoms with van der Waals surface area (Å²) >= 11 is 9.30. The van der Waals surface area contributed by atoms with Gasteiger partial charge in [0.15, 0.2) is 0 Å². The number of halogens is 2. The van der Waals surface area contributed by atoms with Gasteiger partial charge in [0.05, 0.1) is 11.7 Å². The smallest absolute Gasteiger partial charge is 0.225 e. The van der Waals surface area contributed by atoms with Crippen molar-refractivity contribution in [1.82, 2.24) is 4.90 Å². The van der Waals surface area contributed by atoms with E-state index in [1.54, 1.807) is 28.7 Å². The van der Waals surface area contributed by atoms with E-state index in [4.69, 9.17) is 11.6 Å². The van der Waals surface area contributed by atoms with Crippen LogP contribution in [-0.2, 0) is 11.2 Å². The number of amides is 1. The maximum absolute atomic E-state index is 13.9. The SMILES string of the molecule is O=C(CCN1CCc2sccc2C1c1cccs1)Nc1ccc(Cl)cc1F. The van der Waals surface area contributed by atoms with Gasteiger partial charge in [-0.3, -0.25) is 9.69 Å². The largest absolute Gasteiger partial charge is 0.324 e. The van der Waals surface area contributed by atoms with Crippen molar-refractivity contribution in [2.24, 2.45) is 0 Å². The molecular formula is C20H18ClFN2OS2. The molecule has 0 spiro atoms. The lowest BCUT2D eigenvalue weighted by atomic mass is 9.98. The van der Waals surface area contributed by atoms with Gasteiger partial charge in [-0.25, -0.2) is 4.39 Å². The number of hydrogen-bond acceptors (Lipinski definition) is 4. The first-order valence-electron chi connectivity index (χ1n) is 8.70. The summed E-state index contributed by atoms with van der Waals surface area (Å²) in [6.07, 6.45) is 1.31. The lowest BCUT2D eigenvalue weighted by molar-refractivity contribution is -0.116. The number of carbonyl (C=O) groups excluding carboxylic acids is 1. The average molecular weight is 421 g/mol. The fraction of sp³-hybridized carbons (Fsp3) is 0.250. The average Bonchev–Trinajstić information content (AvgIpc) is 3.33. The Morgan fingerprint density at radius 1 is 1.26 bits per heavy atom. The van der Waals surface area contributed by atoms with Crippen molar-refractivity contribution in [2.45, 2.75) is 18.9 Å². The first-order valence-corrected chi connectivity index (χ1v) is 10.8. The molecule has 0 aliphatic carbocycles. The molecule has 3 aromatic rings. The molecule has 4 rings (SSSR count). The Morgan fingerprint density at radius 2 is 2.15 bits per heavy atom. The molecule has 1 atom stereocenters. The number of anilines is 1. The summed E-state index contributed by atoms with van der Waals surface area (Å²) in [5.74, 6) is -0.717. The molecule has 0 bridgehead atoms. The summed E-state index contributed by atoms with van der Waals surface area (Å²) in [5, 5.41) is 7.19. The number of thiophene rings is 2. The van der Waals surface area contributed by atoms with Crippen LogP contribution in [0.4, 0.5) is 10.1 Å². The van der Waals surface area contributed by atoms with Crippen molar-refractivity contribution >= 4 is 45.9 Å². The van der Waals surface area contributed by atoms with Gasteiger partial charge >= 0.3 is 0 Å². The minimum Gasteiger partial charge on any atom is -0.324 e. The molecule has 27 heavy (non-hydrogen) atoms. The van der Waals surface area contributed by atoms with Crippen molar-refractivity contribution < 1.29 is 9.18 Å². The van der Waals surface area contributed by atoms with Crippen LogP contribution >= 0.6 is 34.3 Å². The summed E-state index contributed by atoms with van der Waals surface area (Å²) in [5.41, 5.74) is 1.51. The number of hydrogen-bond donors (Lipinski definition) is 1. The predicted molar refractivity (Wildman–Crippen MR) is 110 cm³/mol. The van der Waals surface area contributed by atoms with Gasteiger partial charge < -0.3 is 5.32 Å². The van der Waals surface area contributed by atoms with E-state index in [2.05, 4.69) is 39.2 Å². The number of fused-ring (bicyclic) bond motifs is 1. The second-order valence-corrected chi connectivity index (χ2v) is 8.84. The predicted octanol–water partition coefficient (Wildman–Crippen LogP) is 5.58. The minimum atomic E-state index is -0.520. The molecule has 140 valence electrons. The molecule has 3 nitrogen and oxygen atoms in total. The topological polar surface area (TPSA) is 32.3 Å². The number of carbonyl (C=O) groups is 1. The van der Waals surface area contributed by atoms with Crippen molar-refractivity contribution in [3.63, 3.8) is 0 Å². The van der Waals surface area contributed by atoms with E-state index in [-0.39, 0.29) is 17.6 Å². The van der Waals surface area contributed by atoms with Crippen LogP contribution in [0.2, 0.25) is 5.02 Å². The maximum Gasteiger partial charge on any atom is 0.225 e. The van der Waals surface area contributed by atoms with Crippen molar-refractivity contribution in [3.05, 3.63) is 73.3 Å². The molecule has 0 saturated heterocycles. The summed E-state index contributed by atoms with van der Waals surface area (Å²) in [7, 11) is 0. The molecule has 1 aliphatic heterocycles. The van der Waals surface area contributed by atoms with Crippen LogP contribution in [0.1, 0.15) is 27.8 Å². The Morgan fingerprint density at radius 3 is 2.93 bits per heavy atom. The van der Waals surface area contributed by atoms with Gasteiger partial charge in [0, 0.05) is 34.3 Å². The second-order valence-electron chi connectivity index (χ2n) is 6.43. The van der Waals surface area contributed by atoms with Gasteiger partial charge in [-0.15, -0.1) is 22.7 Å². The molecule has 1 amide bonds. The molecule has 1 N–H and O–H groups in total. The van der Waals surface area contributed by atoms with E-state index in [1.807, 2.05) is 0 Å². The normalized spacial score (nSPS) is 16.9. The van der Waals surface area contributed by atoms with E-state index in [1.165, 1.54) is 27.5 Å². The third-order valence-electron chi connectivity index (χ3n) is 4.71. The van der Waals surface area contributed by atoms with Gasteiger partial charge in [-0.1, -0.05) is 17.7 Å². The first kappa shape index (κ1) is 18.6. The van der Waals surface area contributed by atoms with Crippen LogP contribution in [0.15, 0.2) is 47.2 Å².